The van der Waals surface area contributed by atoms with Gasteiger partial charge in [0.1, 0.15) is 24.4 Å². The van der Waals surface area contributed by atoms with E-state index in [1.807, 2.05) is 159 Å². The van der Waals surface area contributed by atoms with E-state index in [2.05, 4.69) is 19.1 Å². The zero-order chi connectivity index (χ0) is 74.6. The molecule has 2 aliphatic heterocycles. The average Bonchev–Trinajstić information content (AvgIpc) is 1.16. The summed E-state index contributed by atoms with van der Waals surface area (Å²) in [6.07, 6.45) is 7.22. The second-order valence-electron chi connectivity index (χ2n) is 26.7. The molecule has 0 radical (unpaired) electrons. The third kappa shape index (κ3) is 64.8. The Morgan fingerprint density at radius 3 is 1.03 bits per heavy atom. The molecule has 4 rings (SSSR count). The molecule has 0 aromatic rings. The van der Waals surface area contributed by atoms with E-state index in [-0.39, 0.29) is 156 Å². The quantitative estimate of drug-likeness (QED) is 0.0718. The number of hydrogen-bond acceptors (Lipinski definition) is 23. The Bertz CT molecular complexity index is 1990. The van der Waals surface area contributed by atoms with Crippen molar-refractivity contribution in [1.82, 2.24) is 4.90 Å². The lowest BCUT2D eigenvalue weighted by atomic mass is 9.96. The topological polar surface area (TPSA) is 299 Å². The number of carbonyl (C=O) groups is 10. The molecule has 2 aliphatic carbocycles. The van der Waals surface area contributed by atoms with E-state index in [4.69, 9.17) is 43.2 Å². The molecule has 0 spiro atoms. The van der Waals surface area contributed by atoms with E-state index in [9.17, 15) is 47.9 Å². The zero-order valence-electron chi connectivity index (χ0n) is 63.7. The van der Waals surface area contributed by atoms with Crippen LogP contribution >= 0.6 is 0 Å². The third-order valence-electron chi connectivity index (χ3n) is 12.0. The minimum Gasteiger partial charge on any atom is -0.469 e. The van der Waals surface area contributed by atoms with Gasteiger partial charge in [0.2, 0.25) is 0 Å². The average molecular weight is 1350 g/mol. The van der Waals surface area contributed by atoms with Crippen LogP contribution in [0.25, 0.3) is 0 Å². The maximum Gasteiger partial charge on any atom is 0.309 e. The van der Waals surface area contributed by atoms with Crippen molar-refractivity contribution in [1.29, 1.82) is 5.26 Å². The van der Waals surface area contributed by atoms with Crippen molar-refractivity contribution in [3.8, 4) is 6.07 Å². The molecule has 2 saturated carbocycles. The molecule has 0 amide bonds. The molecule has 94 heavy (non-hydrogen) atoms. The molecule has 4 aliphatic rings. The van der Waals surface area contributed by atoms with Crippen molar-refractivity contribution >= 4 is 59.7 Å². The number of hydrogen-bond donors (Lipinski definition) is 0. The summed E-state index contributed by atoms with van der Waals surface area (Å²) in [6.45, 7) is 54.3. The molecular weight excluding hydrogens is 1220 g/mol. The van der Waals surface area contributed by atoms with Gasteiger partial charge in [-0.3, -0.25) is 52.8 Å². The normalized spacial score (nSPS) is 14.0. The van der Waals surface area contributed by atoms with E-state index < -0.39 is 0 Å². The fraction of sp³-hybridized carbons (Fsp3) is 0.845. The lowest BCUT2D eigenvalue weighted by molar-refractivity contribution is -0.175. The smallest absolute Gasteiger partial charge is 0.309 e. The van der Waals surface area contributed by atoms with Crippen molar-refractivity contribution in [3.63, 3.8) is 0 Å². The maximum atomic E-state index is 11.0. The molecule has 2 saturated heterocycles. The Hall–Kier alpha value is -5.89. The van der Waals surface area contributed by atoms with Gasteiger partial charge in [-0.1, -0.05) is 159 Å². The van der Waals surface area contributed by atoms with E-state index in [0.717, 1.165) is 32.4 Å². The molecule has 0 bridgehead atoms. The molecule has 0 aromatic heterocycles. The lowest BCUT2D eigenvalue weighted by Crippen LogP contribution is -2.50. The summed E-state index contributed by atoms with van der Waals surface area (Å²) in [4.78, 5) is 110. The summed E-state index contributed by atoms with van der Waals surface area (Å²) in [7, 11) is 3.40. The predicted molar refractivity (Wildman–Crippen MR) is 362 cm³/mol. The number of nitrogens with zero attached hydrogens (tertiary/aromatic N) is 2. The molecule has 23 heteroatoms. The molecule has 552 valence electrons. The van der Waals surface area contributed by atoms with Crippen molar-refractivity contribution in [2.75, 3.05) is 66.9 Å². The highest BCUT2D eigenvalue weighted by Gasteiger charge is 2.28. The van der Waals surface area contributed by atoms with E-state index in [1.54, 1.807) is 40.7 Å². The summed E-state index contributed by atoms with van der Waals surface area (Å²) in [5.41, 5.74) is 0. The number of rotatable bonds is 22. The lowest BCUT2D eigenvalue weighted by Gasteiger charge is -2.35. The number of carbonyl (C=O) groups excluding carboxylic acids is 10. The van der Waals surface area contributed by atoms with Crippen LogP contribution in [0.2, 0.25) is 0 Å². The predicted octanol–water partition coefficient (Wildman–Crippen LogP) is 12.6. The number of likely N-dealkylation sites (tertiary alicyclic amines) is 1. The Kier molecular flexibility index (Phi) is 62.9. The summed E-state index contributed by atoms with van der Waals surface area (Å²) < 4.78 is 53.4. The number of nitriles is 1. The van der Waals surface area contributed by atoms with Crippen LogP contribution in [-0.4, -0.2) is 162 Å². The molecule has 1 unspecified atom stereocenters. The minimum absolute atomic E-state index is 0.000839. The first-order valence-corrected chi connectivity index (χ1v) is 33.8. The first kappa shape index (κ1) is 99.2. The maximum absolute atomic E-state index is 11.0. The Morgan fingerprint density at radius 2 is 0.787 bits per heavy atom. The third-order valence-corrected chi connectivity index (χ3v) is 12.0. The number of methoxy groups -OCH3 is 1. The molecule has 1 atom stereocenters. The van der Waals surface area contributed by atoms with Crippen LogP contribution in [-0.2, 0) is 100 Å². The van der Waals surface area contributed by atoms with Crippen LogP contribution in [0.15, 0.2) is 0 Å². The zero-order valence-corrected chi connectivity index (χ0v) is 63.7. The van der Waals surface area contributed by atoms with Gasteiger partial charge in [0.05, 0.1) is 112 Å². The molecule has 23 nitrogen and oxygen atoms in total. The van der Waals surface area contributed by atoms with Gasteiger partial charge in [-0.15, -0.1) is 0 Å². The molecule has 4 fully saturated rings. The fourth-order valence-corrected chi connectivity index (χ4v) is 5.06. The van der Waals surface area contributed by atoms with Crippen LogP contribution in [0, 0.1) is 82.3 Å². The minimum atomic E-state index is -0.323. The van der Waals surface area contributed by atoms with Gasteiger partial charge in [-0.25, -0.2) is 0 Å². The van der Waals surface area contributed by atoms with Gasteiger partial charge in [0.25, 0.3) is 0 Å². The van der Waals surface area contributed by atoms with Crippen molar-refractivity contribution in [2.24, 2.45) is 71.0 Å². The Balaban J connectivity index is -0.000000229. The van der Waals surface area contributed by atoms with Gasteiger partial charge in [-0.05, 0) is 85.1 Å². The summed E-state index contributed by atoms with van der Waals surface area (Å²) in [6, 6.07) is 1.71. The van der Waals surface area contributed by atoms with E-state index >= 15 is 0 Å². The van der Waals surface area contributed by atoms with Gasteiger partial charge in [-0.2, -0.15) is 5.26 Å². The SMILES string of the molecule is CC(C)C(=O)OC1CCC1.CC(C)C(=O)OC1CN(C)C1.CC(C)C(=O)OC1COC1.CC(C)C(=O)OCC#N.CC(C)C(=O)OCC1CC1.CC(C)COC(=O)C(C)C.CC(C)OC(=O)C(C)C.CCC(C)OC(=O)C(C)C.CCOC(=O)C(C)C.COC(=O)C(C)C. The molecule has 0 N–H and O–H groups in total. The van der Waals surface area contributed by atoms with Crippen molar-refractivity contribution in [2.45, 2.75) is 256 Å². The van der Waals surface area contributed by atoms with Gasteiger partial charge < -0.3 is 52.1 Å². The second-order valence-corrected chi connectivity index (χ2v) is 26.7. The van der Waals surface area contributed by atoms with Gasteiger partial charge >= 0.3 is 59.7 Å². The van der Waals surface area contributed by atoms with Crippen LogP contribution in [0.4, 0.5) is 0 Å². The molecule has 2 heterocycles. The van der Waals surface area contributed by atoms with Crippen LogP contribution in [0.1, 0.15) is 225 Å². The monoisotopic (exact) mass is 1350 g/mol. The Morgan fingerprint density at radius 1 is 0.436 bits per heavy atom. The van der Waals surface area contributed by atoms with Crippen LogP contribution in [0.5, 0.6) is 0 Å². The van der Waals surface area contributed by atoms with Crippen molar-refractivity contribution < 1.29 is 100 Å². The number of ether oxygens (including phenoxy) is 11. The number of likely N-dealkylation sites (N-methyl/N-ethyl adjacent to an activating group) is 1. The largest absolute Gasteiger partial charge is 0.469 e. The highest BCUT2D eigenvalue weighted by Crippen LogP contribution is 2.29. The van der Waals surface area contributed by atoms with E-state index in [0.29, 0.717) is 44.9 Å². The number of esters is 10. The first-order valence-electron chi connectivity index (χ1n) is 33.8. The van der Waals surface area contributed by atoms with Crippen molar-refractivity contribution in [3.05, 3.63) is 0 Å². The highest BCUT2D eigenvalue weighted by atomic mass is 16.6. The standard InChI is InChI=1S/C8H15NO2.2C8H14O2.2C8H16O2.C7H12O3.C7H14O2.C6H9NO2.C6H12O2.C5H10O2/c1-6(2)8(10)11-7-4-9(3)5-7;1-6(2)8(9)10-5-7-3-4-7;1-6(2)8(9)10-7-4-3-5-7;1-6(2)5-10-8(9)7(3)4;1-5-7(4)10-8(9)6(2)3;1-5(2)7(8)10-6-3-9-4-6;1-5(2)7(8)9-6(3)4;1-5(2)6(8)9-4-3-7;1-4-8-6(7)5(2)3;1-4(2)5(6)7-3/h6-7H,4-5H2,1-3H3;2*6-7H,3-5H2,1-2H3;2*6-7H,5H2,1-4H3;5-6H,3-4H2,1-2H3;5-6H,1-4H3;5H,4H2,1-2H3;5H,4H2,1-3H3;4H,1-3H3. The summed E-state index contributed by atoms with van der Waals surface area (Å²) >= 11 is 0. The van der Waals surface area contributed by atoms with Gasteiger partial charge in [0, 0.05) is 13.1 Å². The van der Waals surface area contributed by atoms with Gasteiger partial charge in [0.15, 0.2) is 6.61 Å². The summed E-state index contributed by atoms with van der Waals surface area (Å²) in [5, 5.41) is 7.97. The fourth-order valence-electron chi connectivity index (χ4n) is 5.06. The first-order chi connectivity index (χ1) is 43.4. The van der Waals surface area contributed by atoms with Crippen LogP contribution < -0.4 is 0 Å². The van der Waals surface area contributed by atoms with E-state index in [1.165, 1.54) is 26.4 Å². The molecular formula is C71H132N2O21. The molecule has 0 aromatic carbocycles. The highest BCUT2D eigenvalue weighted by molar-refractivity contribution is 5.74. The van der Waals surface area contributed by atoms with Crippen LogP contribution in [0.3, 0.4) is 0 Å². The Labute approximate surface area is 567 Å². The second kappa shape index (κ2) is 59.6. The summed E-state index contributed by atoms with van der Waals surface area (Å²) in [5.74, 6) is -0.241.